The van der Waals surface area contributed by atoms with Gasteiger partial charge in [0, 0.05) is 21.7 Å². The fourth-order valence-corrected chi connectivity index (χ4v) is 5.04. The first-order valence-electron chi connectivity index (χ1n) is 7.74. The van der Waals surface area contributed by atoms with Crippen molar-refractivity contribution in [2.75, 3.05) is 20.6 Å². The summed E-state index contributed by atoms with van der Waals surface area (Å²) in [4.78, 5) is 17.4. The largest absolute Gasteiger partial charge is 0.350 e. The summed E-state index contributed by atoms with van der Waals surface area (Å²) < 4.78 is 0. The lowest BCUT2D eigenvalue weighted by Crippen LogP contribution is -2.34. The van der Waals surface area contributed by atoms with Crippen molar-refractivity contribution in [1.29, 1.82) is 0 Å². The zero-order chi connectivity index (χ0) is 15.5. The average molecular weight is 335 g/mol. The maximum atomic E-state index is 12.6. The summed E-state index contributed by atoms with van der Waals surface area (Å²) in [5, 5.41) is 7.27. The maximum absolute atomic E-state index is 12.6. The second-order valence-corrected chi connectivity index (χ2v) is 7.91. The molecular formula is C17H22N2OS2. The lowest BCUT2D eigenvalue weighted by molar-refractivity contribution is 0.0941. The number of nitrogens with one attached hydrogen (secondary N) is 1. The minimum atomic E-state index is 0.0859. The Morgan fingerprint density at radius 3 is 2.86 bits per heavy atom. The van der Waals surface area contributed by atoms with Crippen LogP contribution in [-0.2, 0) is 12.8 Å². The molecule has 0 saturated heterocycles. The predicted octanol–water partition coefficient (Wildman–Crippen LogP) is 3.72. The van der Waals surface area contributed by atoms with Crippen molar-refractivity contribution in [3.8, 4) is 0 Å². The van der Waals surface area contributed by atoms with Crippen LogP contribution < -0.4 is 5.32 Å². The van der Waals surface area contributed by atoms with Gasteiger partial charge in [0.15, 0.2) is 0 Å². The SMILES string of the molecule is CN(C)[C@H](CNC(=O)c1csc2c1CCCC2)c1cccs1. The van der Waals surface area contributed by atoms with Crippen LogP contribution in [0.1, 0.15) is 44.6 Å². The molecule has 1 amide bonds. The minimum absolute atomic E-state index is 0.0859. The molecule has 1 atom stereocenters. The molecule has 2 aromatic rings. The molecule has 118 valence electrons. The van der Waals surface area contributed by atoms with Crippen LogP contribution in [0.25, 0.3) is 0 Å². The van der Waals surface area contributed by atoms with E-state index in [0.717, 1.165) is 18.4 Å². The molecule has 2 heterocycles. The number of thiophene rings is 2. The summed E-state index contributed by atoms with van der Waals surface area (Å²) in [6.45, 7) is 0.650. The standard InChI is InChI=1S/C17H22N2OS2/c1-19(2)14(16-8-5-9-21-16)10-18-17(20)13-11-22-15-7-4-3-6-12(13)15/h5,8-9,11,14H,3-4,6-7,10H2,1-2H3,(H,18,20)/t14-/m1/s1. The fraction of sp³-hybridized carbons (Fsp3) is 0.471. The van der Waals surface area contributed by atoms with E-state index in [9.17, 15) is 4.79 Å². The number of likely N-dealkylation sites (N-methyl/N-ethyl adjacent to an activating group) is 1. The lowest BCUT2D eigenvalue weighted by atomic mass is 9.95. The first-order chi connectivity index (χ1) is 10.7. The molecule has 3 rings (SSSR count). The zero-order valence-corrected chi connectivity index (χ0v) is 14.7. The van der Waals surface area contributed by atoms with E-state index in [4.69, 9.17) is 0 Å². The molecule has 5 heteroatoms. The Labute approximate surface area is 140 Å². The fourth-order valence-electron chi connectivity index (χ4n) is 2.99. The van der Waals surface area contributed by atoms with Gasteiger partial charge >= 0.3 is 0 Å². The van der Waals surface area contributed by atoms with Crippen LogP contribution >= 0.6 is 22.7 Å². The van der Waals surface area contributed by atoms with Gasteiger partial charge in [0.05, 0.1) is 11.6 Å². The summed E-state index contributed by atoms with van der Waals surface area (Å²) in [6.07, 6.45) is 4.67. The highest BCUT2D eigenvalue weighted by molar-refractivity contribution is 7.10. The Bertz CT molecular complexity index is 631. The minimum Gasteiger partial charge on any atom is -0.350 e. The van der Waals surface area contributed by atoms with Gasteiger partial charge in [-0.15, -0.1) is 22.7 Å². The molecule has 0 aliphatic heterocycles. The van der Waals surface area contributed by atoms with Crippen LogP contribution in [0, 0.1) is 0 Å². The van der Waals surface area contributed by atoms with Gasteiger partial charge in [-0.25, -0.2) is 0 Å². The quantitative estimate of drug-likeness (QED) is 0.904. The van der Waals surface area contributed by atoms with E-state index in [1.165, 1.54) is 28.2 Å². The second-order valence-electron chi connectivity index (χ2n) is 5.96. The molecular weight excluding hydrogens is 312 g/mol. The Kier molecular flexibility index (Phi) is 4.96. The van der Waals surface area contributed by atoms with E-state index in [1.807, 2.05) is 5.38 Å². The molecule has 3 nitrogen and oxygen atoms in total. The average Bonchev–Trinajstić information content (AvgIpc) is 3.16. The van der Waals surface area contributed by atoms with E-state index >= 15 is 0 Å². The molecule has 0 spiro atoms. The van der Waals surface area contributed by atoms with Crippen LogP contribution in [-0.4, -0.2) is 31.4 Å². The van der Waals surface area contributed by atoms with E-state index in [1.54, 1.807) is 22.7 Å². The monoisotopic (exact) mass is 334 g/mol. The molecule has 0 radical (unpaired) electrons. The maximum Gasteiger partial charge on any atom is 0.252 e. The van der Waals surface area contributed by atoms with Crippen molar-refractivity contribution in [3.63, 3.8) is 0 Å². The lowest BCUT2D eigenvalue weighted by Gasteiger charge is -2.23. The molecule has 22 heavy (non-hydrogen) atoms. The molecule has 1 aliphatic carbocycles. The molecule has 0 bridgehead atoms. The number of aryl methyl sites for hydroxylation is 1. The topological polar surface area (TPSA) is 32.3 Å². The smallest absolute Gasteiger partial charge is 0.252 e. The van der Waals surface area contributed by atoms with Crippen molar-refractivity contribution in [1.82, 2.24) is 10.2 Å². The van der Waals surface area contributed by atoms with Gasteiger partial charge in [-0.3, -0.25) is 4.79 Å². The third-order valence-electron chi connectivity index (χ3n) is 4.26. The second kappa shape index (κ2) is 6.94. The number of amides is 1. The van der Waals surface area contributed by atoms with Gasteiger partial charge in [0.2, 0.25) is 0 Å². The normalized spacial score (nSPS) is 15.6. The number of rotatable bonds is 5. The molecule has 1 N–H and O–H groups in total. The third-order valence-corrected chi connectivity index (χ3v) is 6.32. The number of fused-ring (bicyclic) bond motifs is 1. The van der Waals surface area contributed by atoms with Crippen molar-refractivity contribution in [3.05, 3.63) is 43.8 Å². The number of carbonyl (C=O) groups is 1. The molecule has 0 fully saturated rings. The first-order valence-corrected chi connectivity index (χ1v) is 9.50. The van der Waals surface area contributed by atoms with E-state index in [-0.39, 0.29) is 11.9 Å². The molecule has 0 unspecified atom stereocenters. The van der Waals surface area contributed by atoms with E-state index in [0.29, 0.717) is 6.54 Å². The van der Waals surface area contributed by atoms with Crippen LogP contribution in [0.5, 0.6) is 0 Å². The van der Waals surface area contributed by atoms with Gasteiger partial charge in [-0.05, 0) is 56.8 Å². The van der Waals surface area contributed by atoms with Crippen LogP contribution in [0.15, 0.2) is 22.9 Å². The number of carbonyl (C=O) groups excluding carboxylic acids is 1. The van der Waals surface area contributed by atoms with Crippen molar-refractivity contribution >= 4 is 28.6 Å². The summed E-state index contributed by atoms with van der Waals surface area (Å²) in [6, 6.07) is 4.43. The molecule has 0 aromatic carbocycles. The number of nitrogens with zero attached hydrogens (tertiary/aromatic N) is 1. The van der Waals surface area contributed by atoms with Crippen LogP contribution in [0.3, 0.4) is 0 Å². The summed E-state index contributed by atoms with van der Waals surface area (Å²) in [5.74, 6) is 0.0859. The number of hydrogen-bond donors (Lipinski definition) is 1. The van der Waals surface area contributed by atoms with E-state index < -0.39 is 0 Å². The highest BCUT2D eigenvalue weighted by Crippen LogP contribution is 2.30. The third kappa shape index (κ3) is 3.26. The molecule has 1 aliphatic rings. The summed E-state index contributed by atoms with van der Waals surface area (Å²) in [7, 11) is 4.12. The van der Waals surface area contributed by atoms with Gasteiger partial charge in [0.1, 0.15) is 0 Å². The summed E-state index contributed by atoms with van der Waals surface area (Å²) >= 11 is 3.49. The molecule has 2 aromatic heterocycles. The van der Waals surface area contributed by atoms with Crippen molar-refractivity contribution in [2.45, 2.75) is 31.7 Å². The van der Waals surface area contributed by atoms with Gasteiger partial charge in [0.25, 0.3) is 5.91 Å². The zero-order valence-electron chi connectivity index (χ0n) is 13.1. The van der Waals surface area contributed by atoms with Crippen molar-refractivity contribution < 1.29 is 4.79 Å². The highest BCUT2D eigenvalue weighted by atomic mass is 32.1. The predicted molar refractivity (Wildman–Crippen MR) is 94.0 cm³/mol. The Morgan fingerprint density at radius 2 is 2.14 bits per heavy atom. The van der Waals surface area contributed by atoms with Gasteiger partial charge in [-0.2, -0.15) is 0 Å². The van der Waals surface area contributed by atoms with Crippen LogP contribution in [0.2, 0.25) is 0 Å². The van der Waals surface area contributed by atoms with E-state index in [2.05, 4.69) is 41.8 Å². The number of hydrogen-bond acceptors (Lipinski definition) is 4. The summed E-state index contributed by atoms with van der Waals surface area (Å²) in [5.41, 5.74) is 2.20. The van der Waals surface area contributed by atoms with Gasteiger partial charge in [-0.1, -0.05) is 6.07 Å². The Hall–Kier alpha value is -1.17. The van der Waals surface area contributed by atoms with Crippen LogP contribution in [0.4, 0.5) is 0 Å². The van der Waals surface area contributed by atoms with Crippen molar-refractivity contribution in [2.24, 2.45) is 0 Å². The first kappa shape index (κ1) is 15.7. The molecule has 0 saturated carbocycles. The highest BCUT2D eigenvalue weighted by Gasteiger charge is 2.22. The Morgan fingerprint density at radius 1 is 1.32 bits per heavy atom. The van der Waals surface area contributed by atoms with Gasteiger partial charge < -0.3 is 10.2 Å². The Balaban J connectivity index is 1.68.